The van der Waals surface area contributed by atoms with E-state index in [1.54, 1.807) is 24.5 Å². The maximum absolute atomic E-state index is 12.3. The molecule has 0 saturated carbocycles. The summed E-state index contributed by atoms with van der Waals surface area (Å²) in [5.41, 5.74) is 1.54. The number of nitrogens with zero attached hydrogens (tertiary/aromatic N) is 1. The van der Waals surface area contributed by atoms with Crippen LogP contribution in [-0.2, 0) is 20.7 Å². The molecular weight excluding hydrogens is 395 g/mol. The summed E-state index contributed by atoms with van der Waals surface area (Å²) >= 11 is 0. The van der Waals surface area contributed by atoms with E-state index in [4.69, 9.17) is 14.0 Å². The minimum absolute atomic E-state index is 0.123. The first-order valence-electron chi connectivity index (χ1n) is 10.1. The third-order valence-corrected chi connectivity index (χ3v) is 5.56. The van der Waals surface area contributed by atoms with Crippen molar-refractivity contribution >= 4 is 25.6 Å². The summed E-state index contributed by atoms with van der Waals surface area (Å²) in [5, 5.41) is 2.74. The van der Waals surface area contributed by atoms with Crippen molar-refractivity contribution in [2.75, 3.05) is 6.54 Å². The molecule has 0 radical (unpaired) electrons. The number of rotatable bonds is 7. The van der Waals surface area contributed by atoms with Crippen LogP contribution in [0.3, 0.4) is 0 Å². The molecule has 1 amide bonds. The predicted octanol–water partition coefficient (Wildman–Crippen LogP) is 3.84. The summed E-state index contributed by atoms with van der Waals surface area (Å²) in [6.45, 7) is 8.10. The summed E-state index contributed by atoms with van der Waals surface area (Å²) in [5.74, 6) is 0. The van der Waals surface area contributed by atoms with Gasteiger partial charge in [0.2, 0.25) is 0 Å². The number of benzene rings is 1. The van der Waals surface area contributed by atoms with Crippen molar-refractivity contribution in [2.45, 2.75) is 45.5 Å². The minimum Gasteiger partial charge on any atom is -0.445 e. The maximum atomic E-state index is 12.3. The Balaban J connectivity index is 1.75. The van der Waals surface area contributed by atoms with Gasteiger partial charge < -0.3 is 19.4 Å². The van der Waals surface area contributed by atoms with E-state index in [-0.39, 0.29) is 13.2 Å². The number of nitrogens with one attached hydrogen (secondary N) is 1. The fraction of sp³-hybridized carbons (Fsp3) is 0.348. The van der Waals surface area contributed by atoms with Crippen LogP contribution in [0.5, 0.6) is 0 Å². The monoisotopic (exact) mass is 422 g/mol. The molecule has 0 aliphatic carbocycles. The first kappa shape index (κ1) is 22.7. The summed E-state index contributed by atoms with van der Waals surface area (Å²) < 4.78 is 17.6. The van der Waals surface area contributed by atoms with Crippen LogP contribution in [0.1, 0.15) is 49.2 Å². The van der Waals surface area contributed by atoms with Gasteiger partial charge in [0.05, 0.1) is 11.2 Å². The Morgan fingerprint density at radius 2 is 1.77 bits per heavy atom. The summed E-state index contributed by atoms with van der Waals surface area (Å²) in [6, 6.07) is 11.1. The van der Waals surface area contributed by atoms with Gasteiger partial charge >= 0.3 is 13.2 Å². The van der Waals surface area contributed by atoms with Crippen molar-refractivity contribution in [3.05, 3.63) is 71.0 Å². The van der Waals surface area contributed by atoms with Crippen LogP contribution in [0, 0.1) is 0 Å². The van der Waals surface area contributed by atoms with Crippen molar-refractivity contribution in [3.63, 3.8) is 0 Å². The highest BCUT2D eigenvalue weighted by Gasteiger charge is 2.52. The van der Waals surface area contributed by atoms with Gasteiger partial charge in [-0.2, -0.15) is 0 Å². The SMILES string of the molecule is CC1(C)OB(C(=Cc2cnccc2C=O)CNC(=O)OCc2ccccc2)OC1(C)C. The zero-order valence-corrected chi connectivity index (χ0v) is 18.3. The molecule has 0 bridgehead atoms. The van der Waals surface area contributed by atoms with Crippen LogP contribution in [0.25, 0.3) is 6.08 Å². The number of aldehydes is 1. The molecule has 1 fully saturated rings. The highest BCUT2D eigenvalue weighted by atomic mass is 16.7. The van der Waals surface area contributed by atoms with E-state index in [9.17, 15) is 9.59 Å². The Labute approximate surface area is 182 Å². The third kappa shape index (κ3) is 5.59. The van der Waals surface area contributed by atoms with Crippen molar-refractivity contribution < 1.29 is 23.6 Å². The lowest BCUT2D eigenvalue weighted by Crippen LogP contribution is -2.41. The Kier molecular flexibility index (Phi) is 6.92. The number of hydrogen-bond donors (Lipinski definition) is 1. The van der Waals surface area contributed by atoms with E-state index in [2.05, 4.69) is 10.3 Å². The summed E-state index contributed by atoms with van der Waals surface area (Å²) in [7, 11) is -0.695. The molecule has 2 heterocycles. The minimum atomic E-state index is -0.695. The Morgan fingerprint density at radius 1 is 1.10 bits per heavy atom. The Bertz CT molecular complexity index is 943. The van der Waals surface area contributed by atoms with Crippen molar-refractivity contribution in [1.29, 1.82) is 0 Å². The average Bonchev–Trinajstić information content (AvgIpc) is 2.97. The van der Waals surface area contributed by atoms with E-state index in [0.717, 1.165) is 11.8 Å². The number of amides is 1. The second kappa shape index (κ2) is 9.45. The Hall–Kier alpha value is -2.97. The second-order valence-electron chi connectivity index (χ2n) is 8.35. The molecule has 8 heteroatoms. The molecular formula is C23H27BN2O5. The van der Waals surface area contributed by atoms with Crippen molar-refractivity contribution in [2.24, 2.45) is 0 Å². The predicted molar refractivity (Wildman–Crippen MR) is 118 cm³/mol. The molecule has 0 unspecified atom stereocenters. The highest BCUT2D eigenvalue weighted by molar-refractivity contribution is 6.56. The highest BCUT2D eigenvalue weighted by Crippen LogP contribution is 2.38. The average molecular weight is 422 g/mol. The standard InChI is InChI=1S/C23H27BN2O5/c1-22(2)23(3,4)31-24(30-22)20(12-19-13-25-11-10-18(19)15-27)14-26-21(28)29-16-17-8-6-5-7-9-17/h5-13,15H,14,16H2,1-4H3,(H,26,28). The van der Waals surface area contributed by atoms with Gasteiger partial charge in [-0.15, -0.1) is 0 Å². The molecule has 1 aliphatic rings. The summed E-state index contributed by atoms with van der Waals surface area (Å²) in [6.07, 6.45) is 5.10. The van der Waals surface area contributed by atoms with Gasteiger partial charge in [-0.05, 0) is 44.8 Å². The van der Waals surface area contributed by atoms with E-state index in [1.165, 1.54) is 0 Å². The smallest absolute Gasteiger partial charge is 0.445 e. The van der Waals surface area contributed by atoms with Crippen LogP contribution < -0.4 is 5.32 Å². The molecule has 1 aliphatic heterocycles. The quantitative estimate of drug-likeness (QED) is 0.539. The lowest BCUT2D eigenvalue weighted by Gasteiger charge is -2.32. The lowest BCUT2D eigenvalue weighted by atomic mass is 9.76. The van der Waals surface area contributed by atoms with Gasteiger partial charge in [0.25, 0.3) is 0 Å². The molecule has 2 aromatic rings. The fourth-order valence-corrected chi connectivity index (χ4v) is 2.99. The Morgan fingerprint density at radius 3 is 2.42 bits per heavy atom. The van der Waals surface area contributed by atoms with Crippen molar-refractivity contribution in [1.82, 2.24) is 10.3 Å². The van der Waals surface area contributed by atoms with Crippen molar-refractivity contribution in [3.8, 4) is 0 Å². The molecule has 1 saturated heterocycles. The van der Waals surface area contributed by atoms with Gasteiger partial charge in [0.15, 0.2) is 6.29 Å². The zero-order chi connectivity index (χ0) is 22.5. The largest absolute Gasteiger partial charge is 0.492 e. The number of hydrogen-bond acceptors (Lipinski definition) is 6. The number of pyridine rings is 1. The topological polar surface area (TPSA) is 86.8 Å². The molecule has 0 atom stereocenters. The van der Waals surface area contributed by atoms with E-state index in [1.807, 2.05) is 58.0 Å². The lowest BCUT2D eigenvalue weighted by molar-refractivity contribution is 0.00578. The molecule has 3 rings (SSSR count). The van der Waals surface area contributed by atoms with Gasteiger partial charge in [0, 0.05) is 30.1 Å². The normalized spacial score (nSPS) is 17.3. The van der Waals surface area contributed by atoms with Gasteiger partial charge in [-0.3, -0.25) is 9.78 Å². The fourth-order valence-electron chi connectivity index (χ4n) is 2.99. The third-order valence-electron chi connectivity index (χ3n) is 5.56. The molecule has 7 nitrogen and oxygen atoms in total. The van der Waals surface area contributed by atoms with Gasteiger partial charge in [-0.25, -0.2) is 4.79 Å². The van der Waals surface area contributed by atoms with E-state index in [0.29, 0.717) is 16.6 Å². The first-order valence-corrected chi connectivity index (χ1v) is 10.1. The number of ether oxygens (including phenoxy) is 1. The first-order chi connectivity index (χ1) is 14.7. The number of carbonyl (C=O) groups is 2. The summed E-state index contributed by atoms with van der Waals surface area (Å²) in [4.78, 5) is 27.8. The van der Waals surface area contributed by atoms with Crippen LogP contribution in [0.15, 0.2) is 54.3 Å². The van der Waals surface area contributed by atoms with Crippen LogP contribution in [0.2, 0.25) is 0 Å². The number of carbonyl (C=O) groups excluding carboxylic acids is 2. The molecule has 0 spiro atoms. The molecule has 162 valence electrons. The molecule has 1 aromatic heterocycles. The number of alkyl carbamates (subject to hydrolysis) is 1. The molecule has 1 N–H and O–H groups in total. The van der Waals surface area contributed by atoms with Crippen LogP contribution in [0.4, 0.5) is 4.79 Å². The molecule has 1 aromatic carbocycles. The van der Waals surface area contributed by atoms with E-state index >= 15 is 0 Å². The number of aromatic nitrogens is 1. The van der Waals surface area contributed by atoms with E-state index < -0.39 is 24.4 Å². The zero-order valence-electron chi connectivity index (χ0n) is 18.3. The van der Waals surface area contributed by atoms with Gasteiger partial charge in [-0.1, -0.05) is 36.4 Å². The second-order valence-corrected chi connectivity index (χ2v) is 8.35. The van der Waals surface area contributed by atoms with Gasteiger partial charge in [0.1, 0.15) is 6.61 Å². The molecule has 31 heavy (non-hydrogen) atoms. The maximum Gasteiger partial charge on any atom is 0.492 e. The van der Waals surface area contributed by atoms with Crippen LogP contribution in [-0.4, -0.2) is 42.2 Å². The van der Waals surface area contributed by atoms with Crippen LogP contribution >= 0.6 is 0 Å².